The Balaban J connectivity index is 5.27. The molecule has 3 unspecified atom stereocenters. The second kappa shape index (κ2) is 75.7. The van der Waals surface area contributed by atoms with Gasteiger partial charge in [-0.05, 0) is 49.4 Å². The molecule has 0 aromatic carbocycles. The summed E-state index contributed by atoms with van der Waals surface area (Å²) < 4.78 is 69.0. The molecule has 630 valence electrons. The largest absolute Gasteiger partial charge is 0.472 e. The van der Waals surface area contributed by atoms with Gasteiger partial charge in [0.2, 0.25) is 0 Å². The number of carbonyl (C=O) groups excluding carboxylic acids is 4. The summed E-state index contributed by atoms with van der Waals surface area (Å²) in [6.07, 6.45) is 65.1. The summed E-state index contributed by atoms with van der Waals surface area (Å²) in [4.78, 5) is 73.3. The topological polar surface area (TPSA) is 237 Å². The van der Waals surface area contributed by atoms with Crippen molar-refractivity contribution < 1.29 is 80.2 Å². The Morgan fingerprint density at radius 3 is 0.670 bits per heavy atom. The SMILES string of the molecule is CCC(C)CCCCCCCCCCC(=O)OC[C@H](COP(=O)(O)OC[C@H](O)COP(=O)(O)OC[C@@H](COC(=O)CCCCCCCCCCCCCCCCCC(C)C)OC(=O)CCCCCCCCCCCCCCCCCC(C)C)OC(=O)CCCCCCCCCCCCCCCCCC(C)C. The zero-order valence-corrected chi connectivity index (χ0v) is 71.9. The maximum absolute atomic E-state index is 13.2. The number of unbranched alkanes of at least 4 members (excludes halogenated alkanes) is 49. The lowest BCUT2D eigenvalue weighted by Crippen LogP contribution is -2.30. The van der Waals surface area contributed by atoms with Gasteiger partial charge in [-0.25, -0.2) is 9.13 Å². The Morgan fingerprint density at radius 1 is 0.264 bits per heavy atom. The van der Waals surface area contributed by atoms with Gasteiger partial charge in [0.05, 0.1) is 26.4 Å². The quantitative estimate of drug-likeness (QED) is 0.0222. The zero-order chi connectivity index (χ0) is 78.1. The van der Waals surface area contributed by atoms with E-state index in [0.717, 1.165) is 114 Å². The zero-order valence-electron chi connectivity index (χ0n) is 70.1. The third kappa shape index (κ3) is 78.7. The average Bonchev–Trinajstić information content (AvgIpc) is 0.903. The summed E-state index contributed by atoms with van der Waals surface area (Å²) in [6.45, 7) is 14.4. The van der Waals surface area contributed by atoms with E-state index in [1.807, 2.05) is 0 Å². The van der Waals surface area contributed by atoms with Gasteiger partial charge in [-0.3, -0.25) is 37.3 Å². The first-order chi connectivity index (χ1) is 51.1. The smallest absolute Gasteiger partial charge is 0.462 e. The van der Waals surface area contributed by atoms with Crippen LogP contribution < -0.4 is 0 Å². The van der Waals surface area contributed by atoms with E-state index in [2.05, 4.69) is 55.4 Å². The Morgan fingerprint density at radius 2 is 0.453 bits per heavy atom. The van der Waals surface area contributed by atoms with Crippen LogP contribution in [0.3, 0.4) is 0 Å². The van der Waals surface area contributed by atoms with Gasteiger partial charge in [0.25, 0.3) is 0 Å². The summed E-state index contributed by atoms with van der Waals surface area (Å²) >= 11 is 0. The van der Waals surface area contributed by atoms with Gasteiger partial charge in [-0.2, -0.15) is 0 Å². The molecule has 0 aromatic heterocycles. The van der Waals surface area contributed by atoms with Crippen molar-refractivity contribution in [2.75, 3.05) is 39.6 Å². The maximum Gasteiger partial charge on any atom is 0.472 e. The highest BCUT2D eigenvalue weighted by atomic mass is 31.2. The highest BCUT2D eigenvalue weighted by Gasteiger charge is 2.31. The summed E-state index contributed by atoms with van der Waals surface area (Å²) in [6, 6.07) is 0. The maximum atomic E-state index is 13.2. The van der Waals surface area contributed by atoms with E-state index in [9.17, 15) is 43.2 Å². The number of aliphatic hydroxyl groups is 1. The lowest BCUT2D eigenvalue weighted by atomic mass is 9.99. The fourth-order valence-electron chi connectivity index (χ4n) is 13.5. The Bertz CT molecular complexity index is 2060. The molecule has 6 atom stereocenters. The van der Waals surface area contributed by atoms with Gasteiger partial charge in [0.15, 0.2) is 12.2 Å². The van der Waals surface area contributed by atoms with Gasteiger partial charge in [0, 0.05) is 25.7 Å². The molecule has 0 aliphatic heterocycles. The molecule has 0 aromatic rings. The molecular formula is C87H170O17P2. The van der Waals surface area contributed by atoms with Crippen molar-refractivity contribution in [1.29, 1.82) is 0 Å². The molecule has 0 aliphatic rings. The van der Waals surface area contributed by atoms with Crippen molar-refractivity contribution >= 4 is 39.5 Å². The first-order valence-electron chi connectivity index (χ1n) is 44.7. The summed E-state index contributed by atoms with van der Waals surface area (Å²) in [5.74, 6) is 1.08. The predicted octanol–water partition coefficient (Wildman–Crippen LogP) is 26.3. The molecular weight excluding hydrogens is 1380 g/mol. The van der Waals surface area contributed by atoms with E-state index in [0.29, 0.717) is 25.7 Å². The normalized spacial score (nSPS) is 14.2. The Hall–Kier alpha value is -1.94. The van der Waals surface area contributed by atoms with Gasteiger partial charge in [-0.1, -0.05) is 402 Å². The molecule has 0 bridgehead atoms. The Kier molecular flexibility index (Phi) is 74.3. The van der Waals surface area contributed by atoms with E-state index >= 15 is 0 Å². The number of phosphoric acid groups is 2. The van der Waals surface area contributed by atoms with Crippen molar-refractivity contribution in [3.63, 3.8) is 0 Å². The molecule has 0 rings (SSSR count). The van der Waals surface area contributed by atoms with E-state index in [4.69, 9.17) is 37.0 Å². The van der Waals surface area contributed by atoms with Crippen LogP contribution in [-0.4, -0.2) is 96.7 Å². The first-order valence-corrected chi connectivity index (χ1v) is 47.7. The van der Waals surface area contributed by atoms with Crippen LogP contribution in [0.4, 0.5) is 0 Å². The molecule has 0 fully saturated rings. The van der Waals surface area contributed by atoms with Gasteiger partial charge < -0.3 is 33.8 Å². The van der Waals surface area contributed by atoms with Gasteiger partial charge in [-0.15, -0.1) is 0 Å². The van der Waals surface area contributed by atoms with Crippen LogP contribution in [0.5, 0.6) is 0 Å². The van der Waals surface area contributed by atoms with Crippen LogP contribution in [0, 0.1) is 23.7 Å². The predicted molar refractivity (Wildman–Crippen MR) is 437 cm³/mol. The molecule has 0 saturated carbocycles. The van der Waals surface area contributed by atoms with Crippen molar-refractivity contribution in [3.05, 3.63) is 0 Å². The monoisotopic (exact) mass is 1550 g/mol. The molecule has 0 amide bonds. The van der Waals surface area contributed by atoms with E-state index < -0.39 is 97.5 Å². The molecule has 19 heteroatoms. The third-order valence-electron chi connectivity index (χ3n) is 20.7. The van der Waals surface area contributed by atoms with Crippen LogP contribution in [0.1, 0.15) is 453 Å². The van der Waals surface area contributed by atoms with Crippen LogP contribution in [-0.2, 0) is 65.4 Å². The minimum atomic E-state index is -4.97. The molecule has 0 radical (unpaired) electrons. The molecule has 3 N–H and O–H groups in total. The van der Waals surface area contributed by atoms with Crippen molar-refractivity contribution in [3.8, 4) is 0 Å². The van der Waals surface area contributed by atoms with Crippen LogP contribution in [0.15, 0.2) is 0 Å². The van der Waals surface area contributed by atoms with Crippen LogP contribution >= 0.6 is 15.6 Å². The summed E-state index contributed by atoms with van der Waals surface area (Å²) in [5.41, 5.74) is 0. The standard InChI is InChI=1S/C87H170O17P2/c1-9-80(8)66-58-50-42-37-38-44-52-60-68-85(90)98-74-83(104-87(92)70-62-54-46-36-30-24-18-12-15-21-27-33-41-49-57-65-79(6)7)76-102-106(95,96)100-72-81(88)71-99-105(93,94)101-75-82(103-86(91)69-61-53-45-35-29-23-17-11-14-20-26-32-40-48-56-64-78(4)5)73-97-84(89)67-59-51-43-34-28-22-16-10-13-19-25-31-39-47-55-63-77(2)3/h77-83,88H,9-76H2,1-8H3,(H,93,94)(H,95,96)/t80?,81-,82-,83-/m1/s1. The second-order valence-electron chi connectivity index (χ2n) is 33.0. The number of hydrogen-bond acceptors (Lipinski definition) is 15. The summed E-state index contributed by atoms with van der Waals surface area (Å²) in [5, 5.41) is 10.7. The number of phosphoric ester groups is 2. The number of ether oxygens (including phenoxy) is 4. The molecule has 0 spiro atoms. The molecule has 106 heavy (non-hydrogen) atoms. The third-order valence-corrected chi connectivity index (χ3v) is 22.6. The minimum Gasteiger partial charge on any atom is -0.462 e. The number of aliphatic hydroxyl groups excluding tert-OH is 1. The number of rotatable bonds is 84. The number of esters is 4. The van der Waals surface area contributed by atoms with E-state index in [1.165, 1.54) is 257 Å². The average molecular weight is 1550 g/mol. The highest BCUT2D eigenvalue weighted by Crippen LogP contribution is 2.45. The number of hydrogen-bond donors (Lipinski definition) is 3. The van der Waals surface area contributed by atoms with E-state index in [-0.39, 0.29) is 25.7 Å². The lowest BCUT2D eigenvalue weighted by molar-refractivity contribution is -0.161. The summed E-state index contributed by atoms with van der Waals surface area (Å²) in [7, 11) is -9.93. The van der Waals surface area contributed by atoms with Crippen molar-refractivity contribution in [1.82, 2.24) is 0 Å². The van der Waals surface area contributed by atoms with Crippen molar-refractivity contribution in [2.24, 2.45) is 23.7 Å². The molecule has 0 aliphatic carbocycles. The first kappa shape index (κ1) is 104. The lowest BCUT2D eigenvalue weighted by Gasteiger charge is -2.21. The minimum absolute atomic E-state index is 0.107. The van der Waals surface area contributed by atoms with Gasteiger partial charge in [0.1, 0.15) is 19.3 Å². The van der Waals surface area contributed by atoms with Crippen LogP contribution in [0.2, 0.25) is 0 Å². The van der Waals surface area contributed by atoms with Gasteiger partial charge >= 0.3 is 39.5 Å². The van der Waals surface area contributed by atoms with Crippen LogP contribution in [0.25, 0.3) is 0 Å². The molecule has 17 nitrogen and oxygen atoms in total. The van der Waals surface area contributed by atoms with E-state index in [1.54, 1.807) is 0 Å². The highest BCUT2D eigenvalue weighted by molar-refractivity contribution is 7.47. The molecule has 0 heterocycles. The number of carbonyl (C=O) groups is 4. The fraction of sp³-hybridized carbons (Fsp3) is 0.954. The fourth-order valence-corrected chi connectivity index (χ4v) is 15.0. The second-order valence-corrected chi connectivity index (χ2v) is 35.9. The Labute approximate surface area is 651 Å². The van der Waals surface area contributed by atoms with Crippen molar-refractivity contribution in [2.45, 2.75) is 472 Å². The molecule has 0 saturated heterocycles.